The molecule has 2 heterocycles. The molecule has 0 saturated carbocycles. The van der Waals surface area contributed by atoms with Crippen molar-refractivity contribution < 1.29 is 23.8 Å². The van der Waals surface area contributed by atoms with Gasteiger partial charge in [0, 0.05) is 11.1 Å². The Labute approximate surface area is 154 Å². The second kappa shape index (κ2) is 7.97. The highest BCUT2D eigenvalue weighted by molar-refractivity contribution is 7.09. The third-order valence-electron chi connectivity index (χ3n) is 3.67. The van der Waals surface area contributed by atoms with Crippen molar-refractivity contribution in [1.29, 1.82) is 5.26 Å². The van der Waals surface area contributed by atoms with E-state index in [4.69, 9.17) is 14.2 Å². The van der Waals surface area contributed by atoms with Crippen LogP contribution in [0.3, 0.4) is 0 Å². The van der Waals surface area contributed by atoms with Crippen molar-refractivity contribution in [3.05, 3.63) is 39.8 Å². The van der Waals surface area contributed by atoms with E-state index in [1.54, 1.807) is 30.5 Å². The quantitative estimate of drug-likeness (QED) is 0.717. The number of carbonyl (C=O) groups excluding carboxylic acids is 2. The molecule has 134 valence electrons. The lowest BCUT2D eigenvalue weighted by Crippen LogP contribution is -2.21. The molecular formula is C18H16N2O5S. The van der Waals surface area contributed by atoms with Gasteiger partial charge in [-0.2, -0.15) is 5.26 Å². The van der Waals surface area contributed by atoms with Crippen LogP contribution in [0.15, 0.2) is 23.6 Å². The Morgan fingerprint density at radius 1 is 1.35 bits per heavy atom. The van der Waals surface area contributed by atoms with Gasteiger partial charge in [-0.25, -0.2) is 4.98 Å². The number of hydrogen-bond donors (Lipinski definition) is 0. The number of fused-ring (bicyclic) bond motifs is 1. The van der Waals surface area contributed by atoms with E-state index in [2.05, 4.69) is 4.98 Å². The number of Topliss-reactive ketones (excluding diaryl/α,β-unsaturated/α-hetero) is 1. The molecule has 1 atom stereocenters. The molecule has 1 aromatic carbocycles. The number of nitrogens with zero attached hydrogens (tertiary/aromatic N) is 2. The van der Waals surface area contributed by atoms with Crippen molar-refractivity contribution in [3.8, 4) is 17.6 Å². The zero-order valence-electron chi connectivity index (χ0n) is 14.1. The second-order valence-electron chi connectivity index (χ2n) is 5.67. The number of ether oxygens (including phenoxy) is 3. The van der Waals surface area contributed by atoms with Gasteiger partial charge in [0.15, 0.2) is 29.8 Å². The van der Waals surface area contributed by atoms with Gasteiger partial charge in [0.2, 0.25) is 0 Å². The fraction of sp³-hybridized carbons (Fsp3) is 0.333. The van der Waals surface area contributed by atoms with Gasteiger partial charge < -0.3 is 14.2 Å². The molecule has 0 radical (unpaired) electrons. The first kappa shape index (κ1) is 17.9. The molecule has 0 aliphatic carbocycles. The molecule has 0 spiro atoms. The van der Waals surface area contributed by atoms with Crippen molar-refractivity contribution >= 4 is 23.1 Å². The molecule has 8 heteroatoms. The van der Waals surface area contributed by atoms with Crippen LogP contribution in [0.25, 0.3) is 0 Å². The van der Waals surface area contributed by atoms with Gasteiger partial charge in [0.1, 0.15) is 18.2 Å². The SMILES string of the molecule is Cc1csc([C@@H](C#N)C(=O)COC(=O)Cc2ccc3c(c2)OCCO3)n1. The minimum absolute atomic E-state index is 0.00248. The van der Waals surface area contributed by atoms with E-state index >= 15 is 0 Å². The summed E-state index contributed by atoms with van der Waals surface area (Å²) in [5.74, 6) is -0.837. The summed E-state index contributed by atoms with van der Waals surface area (Å²) in [5, 5.41) is 11.4. The van der Waals surface area contributed by atoms with E-state index in [1.165, 1.54) is 11.3 Å². The Morgan fingerprint density at radius 2 is 2.12 bits per heavy atom. The average Bonchev–Trinajstić information content (AvgIpc) is 3.06. The summed E-state index contributed by atoms with van der Waals surface area (Å²) in [7, 11) is 0. The van der Waals surface area contributed by atoms with E-state index in [0.29, 0.717) is 35.3 Å². The highest BCUT2D eigenvalue weighted by Crippen LogP contribution is 2.31. The molecule has 0 saturated heterocycles. The first-order valence-corrected chi connectivity index (χ1v) is 8.83. The normalized spacial score (nSPS) is 13.5. The van der Waals surface area contributed by atoms with Crippen molar-refractivity contribution in [2.24, 2.45) is 0 Å². The van der Waals surface area contributed by atoms with Crippen molar-refractivity contribution in [3.63, 3.8) is 0 Å². The number of ketones is 1. The monoisotopic (exact) mass is 372 g/mol. The molecule has 2 aromatic rings. The minimum atomic E-state index is -1.02. The molecule has 0 fully saturated rings. The third-order valence-corrected chi connectivity index (χ3v) is 4.69. The first-order chi connectivity index (χ1) is 12.6. The Balaban J connectivity index is 1.55. The van der Waals surface area contributed by atoms with Crippen LogP contribution >= 0.6 is 11.3 Å². The fourth-order valence-electron chi connectivity index (χ4n) is 2.42. The van der Waals surface area contributed by atoms with Crippen LogP contribution in [0.4, 0.5) is 0 Å². The molecule has 1 aliphatic heterocycles. The summed E-state index contributed by atoms with van der Waals surface area (Å²) in [4.78, 5) is 28.3. The maximum atomic E-state index is 12.2. The average molecular weight is 372 g/mol. The lowest BCUT2D eigenvalue weighted by molar-refractivity contribution is -0.147. The van der Waals surface area contributed by atoms with E-state index in [9.17, 15) is 14.9 Å². The topological polar surface area (TPSA) is 98.5 Å². The van der Waals surface area contributed by atoms with Gasteiger partial charge in [0.05, 0.1) is 12.5 Å². The Hall–Kier alpha value is -2.92. The van der Waals surface area contributed by atoms with Gasteiger partial charge in [-0.15, -0.1) is 11.3 Å². The zero-order valence-corrected chi connectivity index (χ0v) is 14.9. The predicted octanol–water partition coefficient (Wildman–Crippen LogP) is 2.18. The van der Waals surface area contributed by atoms with Crippen LogP contribution in [-0.2, 0) is 20.7 Å². The van der Waals surface area contributed by atoms with E-state index in [-0.39, 0.29) is 6.42 Å². The van der Waals surface area contributed by atoms with Gasteiger partial charge >= 0.3 is 5.97 Å². The number of aryl methyl sites for hydroxylation is 1. The predicted molar refractivity (Wildman–Crippen MR) is 92.3 cm³/mol. The van der Waals surface area contributed by atoms with E-state index in [1.807, 2.05) is 6.07 Å². The van der Waals surface area contributed by atoms with Crippen LogP contribution in [0.2, 0.25) is 0 Å². The summed E-state index contributed by atoms with van der Waals surface area (Å²) in [6.07, 6.45) is -0.00248. The summed E-state index contributed by atoms with van der Waals surface area (Å²) >= 11 is 1.24. The molecule has 0 unspecified atom stereocenters. The highest BCUT2D eigenvalue weighted by Gasteiger charge is 2.24. The van der Waals surface area contributed by atoms with Gasteiger partial charge in [-0.05, 0) is 24.6 Å². The van der Waals surface area contributed by atoms with Crippen molar-refractivity contribution in [2.75, 3.05) is 19.8 Å². The molecular weight excluding hydrogens is 356 g/mol. The van der Waals surface area contributed by atoms with Crippen LogP contribution < -0.4 is 9.47 Å². The number of nitriles is 1. The second-order valence-corrected chi connectivity index (χ2v) is 6.56. The number of hydrogen-bond acceptors (Lipinski definition) is 8. The number of benzene rings is 1. The van der Waals surface area contributed by atoms with Crippen molar-refractivity contribution in [2.45, 2.75) is 19.3 Å². The smallest absolute Gasteiger partial charge is 0.310 e. The number of aromatic nitrogens is 1. The maximum Gasteiger partial charge on any atom is 0.310 e. The van der Waals surface area contributed by atoms with Crippen LogP contribution in [0.1, 0.15) is 22.2 Å². The van der Waals surface area contributed by atoms with Crippen molar-refractivity contribution in [1.82, 2.24) is 4.98 Å². The standard InChI is InChI=1S/C18H16N2O5S/c1-11-10-26-18(20-11)13(8-19)14(21)9-25-17(22)7-12-2-3-15-16(6-12)24-5-4-23-15/h2-3,6,10,13H,4-5,7,9H2,1H3/t13-/m0/s1. The minimum Gasteiger partial charge on any atom is -0.486 e. The van der Waals surface area contributed by atoms with Crippen LogP contribution in [-0.4, -0.2) is 36.6 Å². The lowest BCUT2D eigenvalue weighted by atomic mass is 10.1. The number of carbonyl (C=O) groups is 2. The molecule has 1 aromatic heterocycles. The maximum absolute atomic E-state index is 12.2. The first-order valence-electron chi connectivity index (χ1n) is 7.95. The summed E-state index contributed by atoms with van der Waals surface area (Å²) in [5.41, 5.74) is 1.44. The lowest BCUT2D eigenvalue weighted by Gasteiger charge is -2.18. The van der Waals surface area contributed by atoms with Gasteiger partial charge in [0.25, 0.3) is 0 Å². The van der Waals surface area contributed by atoms with Crippen LogP contribution in [0, 0.1) is 18.3 Å². The summed E-state index contributed by atoms with van der Waals surface area (Å²) < 4.78 is 15.9. The molecule has 7 nitrogen and oxygen atoms in total. The number of esters is 1. The molecule has 26 heavy (non-hydrogen) atoms. The zero-order chi connectivity index (χ0) is 18.5. The Morgan fingerprint density at radius 3 is 2.81 bits per heavy atom. The third kappa shape index (κ3) is 4.18. The molecule has 0 bridgehead atoms. The van der Waals surface area contributed by atoms with E-state index in [0.717, 1.165) is 5.69 Å². The molecule has 1 aliphatic rings. The Bertz CT molecular complexity index is 871. The largest absolute Gasteiger partial charge is 0.486 e. The van der Waals surface area contributed by atoms with Gasteiger partial charge in [-0.3, -0.25) is 9.59 Å². The number of thiazole rings is 1. The summed E-state index contributed by atoms with van der Waals surface area (Å²) in [6, 6.07) is 7.11. The van der Waals surface area contributed by atoms with E-state index < -0.39 is 24.3 Å². The molecule has 0 N–H and O–H groups in total. The molecule has 3 rings (SSSR count). The highest BCUT2D eigenvalue weighted by atomic mass is 32.1. The summed E-state index contributed by atoms with van der Waals surface area (Å²) in [6.45, 7) is 2.28. The van der Waals surface area contributed by atoms with Gasteiger partial charge in [-0.1, -0.05) is 6.07 Å². The number of rotatable bonds is 6. The van der Waals surface area contributed by atoms with Crippen LogP contribution in [0.5, 0.6) is 11.5 Å². The fourth-order valence-corrected chi connectivity index (χ4v) is 3.28. The Kier molecular flexibility index (Phi) is 5.49. The molecule has 0 amide bonds.